The van der Waals surface area contributed by atoms with Crippen LogP contribution in [-0.2, 0) is 6.42 Å². The number of fused-ring (bicyclic) bond motifs is 1. The first-order valence-electron chi connectivity index (χ1n) is 11.6. The minimum Gasteiger partial charge on any atom is -0.385 e. The molecule has 0 aliphatic carbocycles. The van der Waals surface area contributed by atoms with Crippen molar-refractivity contribution in [1.82, 2.24) is 5.32 Å². The number of hydrogen-bond acceptors (Lipinski definition) is 3. The quantitative estimate of drug-likeness (QED) is 0.384. The molecule has 3 aromatic carbocycles. The lowest BCUT2D eigenvalue weighted by atomic mass is 9.93. The topological polar surface area (TPSA) is 36.4 Å². The molecule has 1 heterocycles. The van der Waals surface area contributed by atoms with Crippen LogP contribution in [0.3, 0.4) is 0 Å². The van der Waals surface area contributed by atoms with Gasteiger partial charge in [-0.3, -0.25) is 4.99 Å². The molecule has 0 saturated heterocycles. The van der Waals surface area contributed by atoms with Crippen molar-refractivity contribution in [1.29, 1.82) is 0 Å². The van der Waals surface area contributed by atoms with Gasteiger partial charge in [0.25, 0.3) is 0 Å². The second-order valence-corrected chi connectivity index (χ2v) is 8.83. The van der Waals surface area contributed by atoms with Gasteiger partial charge in [0.2, 0.25) is 0 Å². The molecule has 0 aromatic heterocycles. The molecule has 3 nitrogen and oxygen atoms in total. The Kier molecular flexibility index (Phi) is 6.75. The van der Waals surface area contributed by atoms with E-state index in [4.69, 9.17) is 4.99 Å². The second kappa shape index (κ2) is 9.86. The van der Waals surface area contributed by atoms with Gasteiger partial charge in [0.05, 0.1) is 17.4 Å². The fraction of sp³-hybridized carbons (Fsp3) is 0.276. The summed E-state index contributed by atoms with van der Waals surface area (Å²) in [7, 11) is 0. The van der Waals surface area contributed by atoms with Gasteiger partial charge in [-0.1, -0.05) is 81.9 Å². The summed E-state index contributed by atoms with van der Waals surface area (Å²) in [4.78, 5) is 4.83. The SMILES string of the molecule is C=C(NCCC)c1ccc(NC(c2ccc(C3=Nc4ccccc4C3)cc2)C(C)C)cc1. The Labute approximate surface area is 192 Å². The highest BCUT2D eigenvalue weighted by atomic mass is 14.9. The largest absolute Gasteiger partial charge is 0.385 e. The van der Waals surface area contributed by atoms with Crippen molar-refractivity contribution in [3.8, 4) is 0 Å². The Bertz CT molecular complexity index is 1090. The van der Waals surface area contributed by atoms with Crippen LogP contribution in [0.25, 0.3) is 5.70 Å². The van der Waals surface area contributed by atoms with E-state index in [1.165, 1.54) is 16.7 Å². The molecule has 1 unspecified atom stereocenters. The monoisotopic (exact) mass is 423 g/mol. The Hall–Kier alpha value is -3.33. The van der Waals surface area contributed by atoms with Gasteiger partial charge in [0.15, 0.2) is 0 Å². The molecular formula is C29H33N3. The number of aliphatic imine (C=N–C) groups is 1. The van der Waals surface area contributed by atoms with Crippen molar-refractivity contribution < 1.29 is 0 Å². The summed E-state index contributed by atoms with van der Waals surface area (Å²) in [6.07, 6.45) is 2.00. The predicted molar refractivity (Wildman–Crippen MR) is 138 cm³/mol. The molecule has 0 radical (unpaired) electrons. The van der Waals surface area contributed by atoms with Crippen molar-refractivity contribution in [3.63, 3.8) is 0 Å². The number of nitrogens with one attached hydrogen (secondary N) is 2. The molecule has 0 spiro atoms. The van der Waals surface area contributed by atoms with Gasteiger partial charge in [-0.2, -0.15) is 0 Å². The fourth-order valence-electron chi connectivity index (χ4n) is 4.14. The molecular weight excluding hydrogens is 390 g/mol. The molecule has 0 bridgehead atoms. The Morgan fingerprint density at radius 1 is 0.969 bits per heavy atom. The lowest BCUT2D eigenvalue weighted by Gasteiger charge is -2.24. The highest BCUT2D eigenvalue weighted by molar-refractivity contribution is 6.06. The molecule has 1 atom stereocenters. The Balaban J connectivity index is 1.46. The summed E-state index contributed by atoms with van der Waals surface area (Å²) in [6, 6.07) is 26.1. The zero-order valence-corrected chi connectivity index (χ0v) is 19.4. The van der Waals surface area contributed by atoms with Crippen LogP contribution in [0.2, 0.25) is 0 Å². The van der Waals surface area contributed by atoms with E-state index >= 15 is 0 Å². The third-order valence-electron chi connectivity index (χ3n) is 6.02. The highest BCUT2D eigenvalue weighted by Gasteiger charge is 2.18. The van der Waals surface area contributed by atoms with E-state index in [0.29, 0.717) is 5.92 Å². The number of anilines is 1. The first-order valence-corrected chi connectivity index (χ1v) is 11.6. The summed E-state index contributed by atoms with van der Waals surface area (Å²) in [5.74, 6) is 0.454. The maximum absolute atomic E-state index is 4.83. The van der Waals surface area contributed by atoms with Gasteiger partial charge in [0, 0.05) is 24.4 Å². The van der Waals surface area contributed by atoms with Crippen LogP contribution >= 0.6 is 0 Å². The van der Waals surface area contributed by atoms with E-state index in [1.54, 1.807) is 0 Å². The number of hydrogen-bond donors (Lipinski definition) is 2. The average Bonchev–Trinajstić information content (AvgIpc) is 3.26. The van der Waals surface area contributed by atoms with Crippen LogP contribution in [0.4, 0.5) is 11.4 Å². The van der Waals surface area contributed by atoms with Gasteiger partial charge in [-0.15, -0.1) is 0 Å². The third-order valence-corrected chi connectivity index (χ3v) is 6.02. The molecule has 3 heteroatoms. The summed E-state index contributed by atoms with van der Waals surface area (Å²) in [5, 5.41) is 7.09. The highest BCUT2D eigenvalue weighted by Crippen LogP contribution is 2.31. The maximum atomic E-state index is 4.83. The summed E-state index contributed by atoms with van der Waals surface area (Å²) >= 11 is 0. The number of para-hydroxylation sites is 1. The van der Waals surface area contributed by atoms with E-state index < -0.39 is 0 Å². The zero-order valence-electron chi connectivity index (χ0n) is 19.4. The van der Waals surface area contributed by atoms with Crippen LogP contribution in [0.1, 0.15) is 55.5 Å². The van der Waals surface area contributed by atoms with Crippen LogP contribution in [0.15, 0.2) is 84.4 Å². The van der Waals surface area contributed by atoms with Gasteiger partial charge < -0.3 is 10.6 Å². The standard InChI is InChI=1S/C29H33N3/c1-5-18-30-21(4)22-14-16-26(17-15-22)31-29(20(2)3)24-12-10-23(11-13-24)28-19-25-8-6-7-9-27(25)32-28/h6-17,20,29-31H,4-5,18-19H2,1-3H3. The molecule has 3 aromatic rings. The van der Waals surface area contributed by atoms with Crippen LogP contribution in [-0.4, -0.2) is 12.3 Å². The minimum absolute atomic E-state index is 0.235. The first kappa shape index (κ1) is 21.9. The molecule has 1 aliphatic rings. The van der Waals surface area contributed by atoms with E-state index in [0.717, 1.165) is 47.7 Å². The van der Waals surface area contributed by atoms with Crippen molar-refractivity contribution in [2.75, 3.05) is 11.9 Å². The van der Waals surface area contributed by atoms with Crippen molar-refractivity contribution in [3.05, 3.63) is 102 Å². The lowest BCUT2D eigenvalue weighted by molar-refractivity contribution is 0.546. The fourth-order valence-corrected chi connectivity index (χ4v) is 4.14. The number of rotatable bonds is 9. The first-order chi connectivity index (χ1) is 15.5. The van der Waals surface area contributed by atoms with E-state index in [9.17, 15) is 0 Å². The van der Waals surface area contributed by atoms with Crippen molar-refractivity contribution in [2.45, 2.75) is 39.7 Å². The van der Waals surface area contributed by atoms with Gasteiger partial charge in [-0.25, -0.2) is 0 Å². The molecule has 164 valence electrons. The lowest BCUT2D eigenvalue weighted by Crippen LogP contribution is -2.17. The molecule has 4 rings (SSSR count). The van der Waals surface area contributed by atoms with Crippen molar-refractivity contribution >= 4 is 22.8 Å². The number of benzene rings is 3. The molecule has 1 aliphatic heterocycles. The maximum Gasteiger partial charge on any atom is 0.0669 e. The second-order valence-electron chi connectivity index (χ2n) is 8.83. The molecule has 2 N–H and O–H groups in total. The van der Waals surface area contributed by atoms with Crippen LogP contribution in [0, 0.1) is 5.92 Å². The zero-order chi connectivity index (χ0) is 22.5. The normalized spacial score (nSPS) is 13.4. The minimum atomic E-state index is 0.235. The van der Waals surface area contributed by atoms with Crippen LogP contribution in [0.5, 0.6) is 0 Å². The Morgan fingerprint density at radius 2 is 1.69 bits per heavy atom. The van der Waals surface area contributed by atoms with E-state index in [1.807, 2.05) is 0 Å². The Morgan fingerprint density at radius 3 is 2.34 bits per heavy atom. The third kappa shape index (κ3) is 4.94. The number of nitrogens with zero attached hydrogens (tertiary/aromatic N) is 1. The van der Waals surface area contributed by atoms with Gasteiger partial charge in [-0.05, 0) is 52.8 Å². The van der Waals surface area contributed by atoms with Gasteiger partial charge in [0.1, 0.15) is 0 Å². The molecule has 32 heavy (non-hydrogen) atoms. The summed E-state index contributed by atoms with van der Waals surface area (Å²) in [5.41, 5.74) is 9.29. The molecule has 0 saturated carbocycles. The smallest absolute Gasteiger partial charge is 0.0669 e. The van der Waals surface area contributed by atoms with Crippen LogP contribution < -0.4 is 10.6 Å². The summed E-state index contributed by atoms with van der Waals surface area (Å²) in [6.45, 7) is 11.8. The van der Waals surface area contributed by atoms with E-state index in [-0.39, 0.29) is 6.04 Å². The average molecular weight is 424 g/mol. The van der Waals surface area contributed by atoms with Crippen molar-refractivity contribution in [2.24, 2.45) is 10.9 Å². The summed E-state index contributed by atoms with van der Waals surface area (Å²) < 4.78 is 0. The van der Waals surface area contributed by atoms with E-state index in [2.05, 4.69) is 111 Å². The molecule has 0 amide bonds. The van der Waals surface area contributed by atoms with Gasteiger partial charge >= 0.3 is 0 Å². The molecule has 0 fully saturated rings. The predicted octanol–water partition coefficient (Wildman–Crippen LogP) is 7.14.